The zero-order valence-corrected chi connectivity index (χ0v) is 9.38. The molecule has 0 atom stereocenters. The van der Waals surface area contributed by atoms with E-state index in [1.165, 1.54) is 6.07 Å². The predicted molar refractivity (Wildman–Crippen MR) is 55.8 cm³/mol. The average molecular weight is 232 g/mol. The van der Waals surface area contributed by atoms with Gasteiger partial charge in [0.15, 0.2) is 21.4 Å². The van der Waals surface area contributed by atoms with E-state index in [0.29, 0.717) is 5.56 Å². The van der Waals surface area contributed by atoms with Gasteiger partial charge >= 0.3 is 0 Å². The second-order valence-corrected chi connectivity index (χ2v) is 6.20. The van der Waals surface area contributed by atoms with Crippen LogP contribution in [-0.4, -0.2) is 18.8 Å². The van der Waals surface area contributed by atoms with E-state index >= 15 is 0 Å². The lowest BCUT2D eigenvalue weighted by molar-refractivity contribution is 0.432. The lowest BCUT2D eigenvalue weighted by atomic mass is 10.2. The highest BCUT2D eigenvalue weighted by atomic mass is 32.2. The Labute approximate surface area is 88.5 Å². The molecule has 5 heteroatoms. The quantitative estimate of drug-likeness (QED) is 0.865. The summed E-state index contributed by atoms with van der Waals surface area (Å²) in [5.74, 6) is -1.48. The predicted octanol–water partition coefficient (Wildman–Crippen LogP) is 1.85. The van der Waals surface area contributed by atoms with Gasteiger partial charge in [-0.05, 0) is 31.5 Å². The van der Waals surface area contributed by atoms with Gasteiger partial charge in [0.2, 0.25) is 0 Å². The molecule has 1 aromatic carbocycles. The van der Waals surface area contributed by atoms with Crippen LogP contribution in [0.5, 0.6) is 5.75 Å². The van der Waals surface area contributed by atoms with Gasteiger partial charge in [0, 0.05) is 0 Å². The SMILES string of the molecule is CC(C)S(=O)(=O)Cc1ccc(O)c(F)c1. The van der Waals surface area contributed by atoms with Gasteiger partial charge in [-0.3, -0.25) is 0 Å². The second-order valence-electron chi connectivity index (χ2n) is 3.64. The highest BCUT2D eigenvalue weighted by Crippen LogP contribution is 2.18. The lowest BCUT2D eigenvalue weighted by Gasteiger charge is -2.07. The number of sulfone groups is 1. The summed E-state index contributed by atoms with van der Waals surface area (Å²) in [7, 11) is -3.23. The first-order valence-corrected chi connectivity index (χ1v) is 6.23. The van der Waals surface area contributed by atoms with Crippen LogP contribution in [0.1, 0.15) is 19.4 Å². The largest absolute Gasteiger partial charge is 0.505 e. The first kappa shape index (κ1) is 12.0. The molecule has 0 saturated carbocycles. The molecule has 0 aliphatic carbocycles. The summed E-state index contributed by atoms with van der Waals surface area (Å²) < 4.78 is 35.9. The fourth-order valence-electron chi connectivity index (χ4n) is 1.04. The Morgan fingerprint density at radius 2 is 2.00 bits per heavy atom. The van der Waals surface area contributed by atoms with E-state index in [2.05, 4.69) is 0 Å². The number of hydrogen-bond donors (Lipinski definition) is 1. The monoisotopic (exact) mass is 232 g/mol. The van der Waals surface area contributed by atoms with Crippen molar-refractivity contribution in [1.29, 1.82) is 0 Å². The number of benzene rings is 1. The Hall–Kier alpha value is -1.10. The highest BCUT2D eigenvalue weighted by molar-refractivity contribution is 7.91. The van der Waals surface area contributed by atoms with Crippen molar-refractivity contribution in [3.63, 3.8) is 0 Å². The fourth-order valence-corrected chi connectivity index (χ4v) is 2.02. The van der Waals surface area contributed by atoms with Gasteiger partial charge < -0.3 is 5.11 Å². The molecule has 0 fully saturated rings. The van der Waals surface area contributed by atoms with E-state index in [0.717, 1.165) is 12.1 Å². The van der Waals surface area contributed by atoms with Crippen molar-refractivity contribution in [2.45, 2.75) is 24.9 Å². The van der Waals surface area contributed by atoms with Crippen LogP contribution in [0.2, 0.25) is 0 Å². The molecular formula is C10H13FO3S. The van der Waals surface area contributed by atoms with Gasteiger partial charge in [-0.25, -0.2) is 12.8 Å². The van der Waals surface area contributed by atoms with Crippen molar-refractivity contribution >= 4 is 9.84 Å². The van der Waals surface area contributed by atoms with Gasteiger partial charge in [-0.15, -0.1) is 0 Å². The highest BCUT2D eigenvalue weighted by Gasteiger charge is 2.17. The normalized spacial score (nSPS) is 12.0. The third-order valence-corrected chi connectivity index (χ3v) is 4.27. The zero-order valence-electron chi connectivity index (χ0n) is 8.57. The maximum Gasteiger partial charge on any atom is 0.165 e. The standard InChI is InChI=1S/C10H13FO3S/c1-7(2)15(13,14)6-8-3-4-10(12)9(11)5-8/h3-5,7,12H,6H2,1-2H3. The van der Waals surface area contributed by atoms with Crippen LogP contribution >= 0.6 is 0 Å². The molecule has 3 nitrogen and oxygen atoms in total. The van der Waals surface area contributed by atoms with Gasteiger partial charge in [-0.1, -0.05) is 6.07 Å². The Morgan fingerprint density at radius 3 is 2.47 bits per heavy atom. The summed E-state index contributed by atoms with van der Waals surface area (Å²) >= 11 is 0. The molecule has 0 bridgehead atoms. The Bertz CT molecular complexity index is 452. The topological polar surface area (TPSA) is 54.4 Å². The third-order valence-electron chi connectivity index (χ3n) is 2.10. The lowest BCUT2D eigenvalue weighted by Crippen LogP contribution is -2.16. The van der Waals surface area contributed by atoms with Crippen LogP contribution in [0.3, 0.4) is 0 Å². The van der Waals surface area contributed by atoms with Crippen LogP contribution in [0, 0.1) is 5.82 Å². The van der Waals surface area contributed by atoms with Crippen LogP contribution in [0.15, 0.2) is 18.2 Å². The number of rotatable bonds is 3. The van der Waals surface area contributed by atoms with Crippen molar-refractivity contribution in [2.24, 2.45) is 0 Å². The molecule has 0 saturated heterocycles. The minimum Gasteiger partial charge on any atom is -0.505 e. The zero-order chi connectivity index (χ0) is 11.6. The second kappa shape index (κ2) is 4.18. The number of halogens is 1. The molecule has 0 amide bonds. The molecule has 15 heavy (non-hydrogen) atoms. The molecule has 1 aromatic rings. The molecule has 0 unspecified atom stereocenters. The number of phenolic OH excluding ortho intramolecular Hbond substituents is 1. The Balaban J connectivity index is 2.96. The fraction of sp³-hybridized carbons (Fsp3) is 0.400. The van der Waals surface area contributed by atoms with Crippen LogP contribution in [0.25, 0.3) is 0 Å². The molecular weight excluding hydrogens is 219 g/mol. The van der Waals surface area contributed by atoms with E-state index < -0.39 is 26.7 Å². The maximum absolute atomic E-state index is 12.9. The summed E-state index contributed by atoms with van der Waals surface area (Å²) in [4.78, 5) is 0. The van der Waals surface area contributed by atoms with Crippen molar-refractivity contribution in [3.05, 3.63) is 29.6 Å². The average Bonchev–Trinajstić information content (AvgIpc) is 2.10. The van der Waals surface area contributed by atoms with Crippen molar-refractivity contribution < 1.29 is 17.9 Å². The molecule has 1 N–H and O–H groups in total. The maximum atomic E-state index is 12.9. The Kier molecular flexibility index (Phi) is 3.34. The minimum atomic E-state index is -3.23. The van der Waals surface area contributed by atoms with Crippen LogP contribution in [0.4, 0.5) is 4.39 Å². The smallest absolute Gasteiger partial charge is 0.165 e. The summed E-state index contributed by atoms with van der Waals surface area (Å²) in [5, 5.41) is 8.44. The minimum absolute atomic E-state index is 0.206. The molecule has 0 radical (unpaired) electrons. The summed E-state index contributed by atoms with van der Waals surface area (Å²) in [5.41, 5.74) is 0.346. The van der Waals surface area contributed by atoms with Crippen molar-refractivity contribution in [1.82, 2.24) is 0 Å². The molecule has 0 heterocycles. The van der Waals surface area contributed by atoms with Gasteiger partial charge in [0.05, 0.1) is 11.0 Å². The molecule has 1 rings (SSSR count). The summed E-state index contributed by atoms with van der Waals surface area (Å²) in [6.45, 7) is 3.15. The van der Waals surface area contributed by atoms with Gasteiger partial charge in [-0.2, -0.15) is 0 Å². The van der Waals surface area contributed by atoms with Crippen LogP contribution in [-0.2, 0) is 15.6 Å². The molecule has 0 aliphatic heterocycles. The molecule has 0 spiro atoms. The van der Waals surface area contributed by atoms with E-state index in [-0.39, 0.29) is 5.75 Å². The first-order valence-electron chi connectivity index (χ1n) is 4.52. The first-order chi connectivity index (χ1) is 6.83. The van der Waals surface area contributed by atoms with Crippen molar-refractivity contribution in [3.8, 4) is 5.75 Å². The molecule has 84 valence electrons. The summed E-state index contributed by atoms with van der Waals surface area (Å²) in [6, 6.07) is 3.59. The number of hydrogen-bond acceptors (Lipinski definition) is 3. The van der Waals surface area contributed by atoms with Gasteiger partial charge in [0.25, 0.3) is 0 Å². The van der Waals surface area contributed by atoms with E-state index in [1.54, 1.807) is 13.8 Å². The van der Waals surface area contributed by atoms with Gasteiger partial charge in [0.1, 0.15) is 0 Å². The molecule has 0 aliphatic rings. The third kappa shape index (κ3) is 2.92. The number of aromatic hydroxyl groups is 1. The number of phenols is 1. The van der Waals surface area contributed by atoms with E-state index in [9.17, 15) is 12.8 Å². The van der Waals surface area contributed by atoms with Crippen molar-refractivity contribution in [2.75, 3.05) is 0 Å². The van der Waals surface area contributed by atoms with Crippen LogP contribution < -0.4 is 0 Å². The summed E-state index contributed by atoms with van der Waals surface area (Å²) in [6.07, 6.45) is 0. The van der Waals surface area contributed by atoms with E-state index in [4.69, 9.17) is 5.11 Å². The van der Waals surface area contributed by atoms with E-state index in [1.807, 2.05) is 0 Å². The Morgan fingerprint density at radius 1 is 1.40 bits per heavy atom. The molecule has 0 aromatic heterocycles.